The highest BCUT2D eigenvalue weighted by Gasteiger charge is 2.32. The Labute approximate surface area is 206 Å². The molecule has 1 saturated heterocycles. The predicted molar refractivity (Wildman–Crippen MR) is 121 cm³/mol. The Hall–Kier alpha value is -4.43. The standard InChI is InChI=1S/C16H20N6O.C4H8O3.2CO2/c1-11-5-8-22(14(23)3-6-17)9-13(11)21(2)16-12-4-7-18-15(12)19-10-20-16;1-4(2,7)3(5)6;2*2-1-3/h4,7,10-11,13H,3,5,8-9H2,1-2H3,(H,18,19,20);7H,1-2H3,(H,5,6);;. The van der Waals surface area contributed by atoms with Crippen molar-refractivity contribution in [2.24, 2.45) is 5.92 Å². The van der Waals surface area contributed by atoms with E-state index >= 15 is 0 Å². The third-order valence-corrected chi connectivity index (χ3v) is 5.19. The van der Waals surface area contributed by atoms with Crippen molar-refractivity contribution in [1.29, 1.82) is 5.26 Å². The molecule has 3 N–H and O–H groups in total. The van der Waals surface area contributed by atoms with Crippen LogP contribution in [0.25, 0.3) is 11.0 Å². The first-order valence-corrected chi connectivity index (χ1v) is 10.5. The molecule has 2 unspecified atom stereocenters. The van der Waals surface area contributed by atoms with Gasteiger partial charge in [-0.3, -0.25) is 4.79 Å². The number of aliphatic hydroxyl groups is 1. The van der Waals surface area contributed by atoms with Crippen LogP contribution in [0.2, 0.25) is 0 Å². The number of carboxylic acid groups (broad SMARTS) is 1. The van der Waals surface area contributed by atoms with Crippen LogP contribution in [0.5, 0.6) is 0 Å². The van der Waals surface area contributed by atoms with Gasteiger partial charge in [-0.05, 0) is 32.3 Å². The number of aromatic amines is 1. The van der Waals surface area contributed by atoms with E-state index in [1.807, 2.05) is 25.4 Å². The third-order valence-electron chi connectivity index (χ3n) is 5.19. The number of nitrogens with one attached hydrogen (secondary N) is 1. The second-order valence-electron chi connectivity index (χ2n) is 8.09. The number of likely N-dealkylation sites (tertiary alicyclic amines) is 1. The molecule has 0 saturated carbocycles. The summed E-state index contributed by atoms with van der Waals surface area (Å²) in [4.78, 5) is 70.0. The monoisotopic (exact) mass is 504 g/mol. The number of hydrogen-bond acceptors (Lipinski definition) is 11. The molecule has 14 nitrogen and oxygen atoms in total. The van der Waals surface area contributed by atoms with Crippen LogP contribution in [0.15, 0.2) is 18.6 Å². The highest BCUT2D eigenvalue weighted by atomic mass is 16.4. The van der Waals surface area contributed by atoms with E-state index in [2.05, 4.69) is 26.8 Å². The number of anilines is 1. The topological polar surface area (TPSA) is 215 Å². The largest absolute Gasteiger partial charge is 0.479 e. The first-order valence-electron chi connectivity index (χ1n) is 10.5. The second kappa shape index (κ2) is 15.5. The predicted octanol–water partition coefficient (Wildman–Crippen LogP) is 0.220. The molecule has 2 atom stereocenters. The van der Waals surface area contributed by atoms with Crippen molar-refractivity contribution < 1.29 is 39.0 Å². The summed E-state index contributed by atoms with van der Waals surface area (Å²) in [5.41, 5.74) is -0.775. The molecule has 1 aliphatic heterocycles. The van der Waals surface area contributed by atoms with Crippen LogP contribution in [-0.4, -0.2) is 86.0 Å². The SMILES string of the molecule is CC(C)(O)C(=O)O.CC1CCN(C(=O)CC#N)CC1N(C)c1ncnc2[nH]ccc12.O=C=O.O=C=O. The zero-order valence-electron chi connectivity index (χ0n) is 20.3. The maximum absolute atomic E-state index is 12.0. The number of nitrogens with zero attached hydrogens (tertiary/aromatic N) is 5. The molecule has 36 heavy (non-hydrogen) atoms. The Morgan fingerprint density at radius 1 is 1.25 bits per heavy atom. The number of likely N-dealkylation sites (N-methyl/N-ethyl adjacent to an activating group) is 1. The minimum Gasteiger partial charge on any atom is -0.479 e. The molecule has 0 bridgehead atoms. The fourth-order valence-electron chi connectivity index (χ4n) is 3.26. The summed E-state index contributed by atoms with van der Waals surface area (Å²) in [5, 5.41) is 26.2. The van der Waals surface area contributed by atoms with Gasteiger partial charge in [0.15, 0.2) is 5.60 Å². The van der Waals surface area contributed by atoms with Crippen molar-refractivity contribution in [1.82, 2.24) is 19.9 Å². The number of fused-ring (bicyclic) bond motifs is 1. The number of aliphatic carboxylic acids is 1. The Balaban J connectivity index is 0.000000788. The lowest BCUT2D eigenvalue weighted by Gasteiger charge is -2.42. The Morgan fingerprint density at radius 3 is 2.31 bits per heavy atom. The zero-order chi connectivity index (χ0) is 27.9. The number of aromatic nitrogens is 3. The van der Waals surface area contributed by atoms with Crippen LogP contribution >= 0.6 is 0 Å². The van der Waals surface area contributed by atoms with Crippen LogP contribution < -0.4 is 4.90 Å². The quantitative estimate of drug-likeness (QED) is 0.510. The summed E-state index contributed by atoms with van der Waals surface area (Å²) in [6.07, 6.45) is 4.77. The molecule has 1 amide bonds. The molecule has 194 valence electrons. The van der Waals surface area contributed by atoms with Gasteiger partial charge in [0.25, 0.3) is 0 Å². The molecule has 0 radical (unpaired) electrons. The molecule has 0 spiro atoms. The van der Waals surface area contributed by atoms with Crippen molar-refractivity contribution in [3.8, 4) is 6.07 Å². The minimum absolute atomic E-state index is 0.0552. The van der Waals surface area contributed by atoms with Crippen molar-refractivity contribution in [2.45, 2.75) is 45.3 Å². The van der Waals surface area contributed by atoms with E-state index < -0.39 is 11.6 Å². The van der Waals surface area contributed by atoms with Crippen LogP contribution in [0.1, 0.15) is 33.6 Å². The number of nitriles is 1. The molecule has 3 rings (SSSR count). The van der Waals surface area contributed by atoms with Crippen LogP contribution in [-0.2, 0) is 28.8 Å². The van der Waals surface area contributed by atoms with Crippen molar-refractivity contribution in [3.63, 3.8) is 0 Å². The molecular weight excluding hydrogens is 476 g/mol. The fraction of sp³-hybridized carbons (Fsp3) is 0.500. The van der Waals surface area contributed by atoms with Gasteiger partial charge in [-0.15, -0.1) is 0 Å². The summed E-state index contributed by atoms with van der Waals surface area (Å²) < 4.78 is 0. The lowest BCUT2D eigenvalue weighted by molar-refractivity contribution is -0.193. The summed E-state index contributed by atoms with van der Waals surface area (Å²) in [5.74, 6) is 0.0116. The normalized spacial score (nSPS) is 16.2. The number of H-pyrrole nitrogens is 1. The first-order chi connectivity index (χ1) is 16.9. The fourth-order valence-corrected chi connectivity index (χ4v) is 3.26. The van der Waals surface area contributed by atoms with Gasteiger partial charge in [-0.2, -0.15) is 24.4 Å². The van der Waals surface area contributed by atoms with Gasteiger partial charge >= 0.3 is 18.3 Å². The molecule has 0 aromatic carbocycles. The van der Waals surface area contributed by atoms with E-state index in [4.69, 9.17) is 34.7 Å². The Morgan fingerprint density at radius 2 is 1.81 bits per heavy atom. The molecule has 2 aromatic rings. The summed E-state index contributed by atoms with van der Waals surface area (Å²) in [6, 6.07) is 4.07. The minimum atomic E-state index is -1.58. The number of carbonyl (C=O) groups excluding carboxylic acids is 5. The average molecular weight is 505 g/mol. The van der Waals surface area contributed by atoms with Gasteiger partial charge in [0.2, 0.25) is 5.91 Å². The van der Waals surface area contributed by atoms with E-state index in [0.29, 0.717) is 12.5 Å². The molecule has 2 aromatic heterocycles. The van der Waals surface area contributed by atoms with Crippen LogP contribution in [0.4, 0.5) is 5.82 Å². The number of rotatable bonds is 4. The van der Waals surface area contributed by atoms with E-state index in [1.54, 1.807) is 11.2 Å². The number of carbonyl (C=O) groups is 2. The van der Waals surface area contributed by atoms with Gasteiger partial charge in [-0.1, -0.05) is 6.92 Å². The molecule has 0 aliphatic carbocycles. The Kier molecular flexibility index (Phi) is 13.6. The van der Waals surface area contributed by atoms with E-state index in [1.165, 1.54) is 13.8 Å². The molecule has 3 heterocycles. The highest BCUT2D eigenvalue weighted by molar-refractivity contribution is 5.87. The highest BCUT2D eigenvalue weighted by Crippen LogP contribution is 2.28. The van der Waals surface area contributed by atoms with E-state index in [-0.39, 0.29) is 30.7 Å². The van der Waals surface area contributed by atoms with Gasteiger partial charge in [0, 0.05) is 26.3 Å². The van der Waals surface area contributed by atoms with Gasteiger partial charge < -0.3 is 25.0 Å². The first kappa shape index (κ1) is 31.6. The lowest BCUT2D eigenvalue weighted by Crippen LogP contribution is -2.52. The van der Waals surface area contributed by atoms with E-state index in [0.717, 1.165) is 29.8 Å². The van der Waals surface area contributed by atoms with E-state index in [9.17, 15) is 9.59 Å². The van der Waals surface area contributed by atoms with Crippen LogP contribution in [0.3, 0.4) is 0 Å². The molecular formula is C22H28N6O8. The summed E-state index contributed by atoms with van der Waals surface area (Å²) in [6.45, 7) is 5.97. The Bertz CT molecular complexity index is 1100. The van der Waals surface area contributed by atoms with Crippen molar-refractivity contribution in [2.75, 3.05) is 25.0 Å². The summed E-state index contributed by atoms with van der Waals surface area (Å²) >= 11 is 0. The average Bonchev–Trinajstić information content (AvgIpc) is 3.29. The lowest BCUT2D eigenvalue weighted by atomic mass is 9.92. The summed E-state index contributed by atoms with van der Waals surface area (Å²) in [7, 11) is 2.01. The van der Waals surface area contributed by atoms with Crippen molar-refractivity contribution in [3.05, 3.63) is 18.6 Å². The maximum atomic E-state index is 12.0. The maximum Gasteiger partial charge on any atom is 0.373 e. The third kappa shape index (κ3) is 9.82. The van der Waals surface area contributed by atoms with Crippen LogP contribution in [0, 0.1) is 17.2 Å². The number of amides is 1. The van der Waals surface area contributed by atoms with Crippen molar-refractivity contribution >= 4 is 41.0 Å². The zero-order valence-corrected chi connectivity index (χ0v) is 20.3. The number of carboxylic acids is 1. The smallest absolute Gasteiger partial charge is 0.373 e. The number of hydrogen-bond donors (Lipinski definition) is 3. The number of piperidine rings is 1. The molecule has 1 fully saturated rings. The second-order valence-corrected chi connectivity index (χ2v) is 8.09. The van der Waals surface area contributed by atoms with Gasteiger partial charge in [0.1, 0.15) is 24.2 Å². The van der Waals surface area contributed by atoms with Gasteiger partial charge in [-0.25, -0.2) is 14.8 Å². The van der Waals surface area contributed by atoms with Gasteiger partial charge in [0.05, 0.1) is 17.5 Å². The molecule has 1 aliphatic rings. The molecule has 14 heteroatoms.